The highest BCUT2D eigenvalue weighted by atomic mass is 35.5. The molecule has 35 heavy (non-hydrogen) atoms. The Morgan fingerprint density at radius 1 is 1.26 bits per heavy atom. The quantitative estimate of drug-likeness (QED) is 0.413. The monoisotopic (exact) mass is 496 g/mol. The molecule has 0 N–H and O–H groups in total. The molecule has 0 unspecified atom stereocenters. The van der Waals surface area contributed by atoms with Gasteiger partial charge < -0.3 is 9.64 Å². The van der Waals surface area contributed by atoms with Crippen molar-refractivity contribution in [3.05, 3.63) is 74.8 Å². The van der Waals surface area contributed by atoms with Gasteiger partial charge in [-0.25, -0.2) is 14.4 Å². The Labute approximate surface area is 207 Å². The van der Waals surface area contributed by atoms with Crippen LogP contribution in [0.2, 0.25) is 5.02 Å². The van der Waals surface area contributed by atoms with Gasteiger partial charge in [-0.15, -0.1) is 0 Å². The molecule has 5 rings (SSSR count). The number of hydrogen-bond acceptors (Lipinski definition) is 6. The summed E-state index contributed by atoms with van der Waals surface area (Å²) in [5.74, 6) is 0.0247. The van der Waals surface area contributed by atoms with Crippen molar-refractivity contribution < 1.29 is 9.13 Å². The molecule has 0 amide bonds. The summed E-state index contributed by atoms with van der Waals surface area (Å²) >= 11 is 6.00. The van der Waals surface area contributed by atoms with Crippen LogP contribution in [0.4, 0.5) is 10.2 Å². The van der Waals surface area contributed by atoms with E-state index >= 15 is 4.39 Å². The Hall–Kier alpha value is -3.30. The van der Waals surface area contributed by atoms with E-state index in [4.69, 9.17) is 26.3 Å². The maximum atomic E-state index is 15.1. The molecule has 0 bridgehead atoms. The van der Waals surface area contributed by atoms with Crippen molar-refractivity contribution >= 4 is 23.1 Å². The minimum atomic E-state index is -0.522. The molecule has 4 heterocycles. The van der Waals surface area contributed by atoms with E-state index in [0.29, 0.717) is 54.5 Å². The molecular weight excluding hydrogens is 471 g/mol. The molecule has 182 valence electrons. The number of benzene rings is 1. The van der Waals surface area contributed by atoms with Gasteiger partial charge in [-0.2, -0.15) is 5.10 Å². The topological polar surface area (TPSA) is 77.6 Å². The minimum absolute atomic E-state index is 0.185. The number of halogens is 2. The lowest BCUT2D eigenvalue weighted by Crippen LogP contribution is -2.39. The highest BCUT2D eigenvalue weighted by molar-refractivity contribution is 6.30. The van der Waals surface area contributed by atoms with Gasteiger partial charge in [0, 0.05) is 41.5 Å². The van der Waals surface area contributed by atoms with Gasteiger partial charge in [-0.1, -0.05) is 24.9 Å². The number of hydrogen-bond donors (Lipinski definition) is 0. The zero-order chi connectivity index (χ0) is 24.7. The Kier molecular flexibility index (Phi) is 6.29. The molecular formula is C25H26ClFN6O2. The van der Waals surface area contributed by atoms with E-state index in [1.165, 1.54) is 10.5 Å². The van der Waals surface area contributed by atoms with E-state index < -0.39 is 5.82 Å². The van der Waals surface area contributed by atoms with Crippen molar-refractivity contribution in [2.45, 2.75) is 32.8 Å². The summed E-state index contributed by atoms with van der Waals surface area (Å²) in [7, 11) is 1.86. The van der Waals surface area contributed by atoms with Gasteiger partial charge in [0.25, 0.3) is 5.56 Å². The first-order chi connectivity index (χ1) is 16.9. The predicted molar refractivity (Wildman–Crippen MR) is 133 cm³/mol. The third-order valence-corrected chi connectivity index (χ3v) is 6.52. The maximum Gasteiger partial charge on any atom is 0.261 e. The SMILES string of the molecule is CCCc1nc2c(-c3ccc(Cl)cc3F)nc(N3CCO[C@@H](c4cnn(C)c4)C3)cn2c(=O)c1C. The second-order valence-corrected chi connectivity index (χ2v) is 9.19. The summed E-state index contributed by atoms with van der Waals surface area (Å²) in [5.41, 5.74) is 2.92. The fraction of sp³-hybridized carbons (Fsp3) is 0.360. The summed E-state index contributed by atoms with van der Waals surface area (Å²) < 4.78 is 24.3. The summed E-state index contributed by atoms with van der Waals surface area (Å²) in [6, 6.07) is 4.43. The van der Waals surface area contributed by atoms with Gasteiger partial charge in [-0.05, 0) is 31.5 Å². The Balaban J connectivity index is 1.68. The van der Waals surface area contributed by atoms with E-state index in [-0.39, 0.29) is 22.2 Å². The Morgan fingerprint density at radius 2 is 2.09 bits per heavy atom. The zero-order valence-electron chi connectivity index (χ0n) is 19.8. The van der Waals surface area contributed by atoms with E-state index in [9.17, 15) is 4.79 Å². The van der Waals surface area contributed by atoms with Crippen LogP contribution in [0.15, 0.2) is 41.6 Å². The van der Waals surface area contributed by atoms with Crippen molar-refractivity contribution in [3.63, 3.8) is 0 Å². The van der Waals surface area contributed by atoms with Gasteiger partial charge in [-0.3, -0.25) is 13.9 Å². The lowest BCUT2D eigenvalue weighted by atomic mass is 10.1. The minimum Gasteiger partial charge on any atom is -0.370 e. The lowest BCUT2D eigenvalue weighted by Gasteiger charge is -2.33. The molecule has 10 heteroatoms. The van der Waals surface area contributed by atoms with Crippen LogP contribution in [-0.4, -0.2) is 43.8 Å². The number of rotatable bonds is 5. The number of morpholine rings is 1. The molecule has 0 aliphatic carbocycles. The highest BCUT2D eigenvalue weighted by Gasteiger charge is 2.26. The average molecular weight is 497 g/mol. The number of fused-ring (bicyclic) bond motifs is 1. The van der Waals surface area contributed by atoms with Gasteiger partial charge in [0.15, 0.2) is 5.65 Å². The summed E-state index contributed by atoms with van der Waals surface area (Å²) in [6.07, 6.45) is 6.68. The van der Waals surface area contributed by atoms with Crippen LogP contribution in [0, 0.1) is 12.7 Å². The first-order valence-electron chi connectivity index (χ1n) is 11.6. The number of nitrogens with zero attached hydrogens (tertiary/aromatic N) is 6. The molecule has 0 saturated carbocycles. The van der Waals surface area contributed by atoms with E-state index in [1.54, 1.807) is 36.1 Å². The van der Waals surface area contributed by atoms with Crippen LogP contribution >= 0.6 is 11.6 Å². The smallest absolute Gasteiger partial charge is 0.261 e. The van der Waals surface area contributed by atoms with Crippen LogP contribution < -0.4 is 10.5 Å². The van der Waals surface area contributed by atoms with Gasteiger partial charge in [0.2, 0.25) is 0 Å². The lowest BCUT2D eigenvalue weighted by molar-refractivity contribution is 0.0394. The first-order valence-corrected chi connectivity index (χ1v) is 12.0. The molecule has 4 aromatic rings. The van der Waals surface area contributed by atoms with Crippen molar-refractivity contribution in [2.24, 2.45) is 7.05 Å². The first kappa shape index (κ1) is 23.4. The number of aromatic nitrogens is 5. The molecule has 1 fully saturated rings. The second kappa shape index (κ2) is 9.39. The molecule has 3 aromatic heterocycles. The molecule has 8 nitrogen and oxygen atoms in total. The van der Waals surface area contributed by atoms with Crippen molar-refractivity contribution in [1.82, 2.24) is 24.1 Å². The van der Waals surface area contributed by atoms with Crippen LogP contribution in [0.1, 0.15) is 36.3 Å². The van der Waals surface area contributed by atoms with Gasteiger partial charge in [0.1, 0.15) is 23.4 Å². The molecule has 1 aromatic carbocycles. The molecule has 0 spiro atoms. The van der Waals surface area contributed by atoms with E-state index in [2.05, 4.69) is 5.10 Å². The fourth-order valence-corrected chi connectivity index (χ4v) is 4.58. The van der Waals surface area contributed by atoms with Crippen LogP contribution in [-0.2, 0) is 18.2 Å². The van der Waals surface area contributed by atoms with Crippen molar-refractivity contribution in [1.29, 1.82) is 0 Å². The molecule has 1 aliphatic heterocycles. The molecule has 0 radical (unpaired) electrons. The van der Waals surface area contributed by atoms with Gasteiger partial charge in [0.05, 0.1) is 31.2 Å². The number of ether oxygens (including phenoxy) is 1. The van der Waals surface area contributed by atoms with Crippen LogP contribution in [0.25, 0.3) is 16.9 Å². The van der Waals surface area contributed by atoms with E-state index in [1.807, 2.05) is 25.1 Å². The van der Waals surface area contributed by atoms with Crippen molar-refractivity contribution in [3.8, 4) is 11.3 Å². The predicted octanol–water partition coefficient (Wildman–Crippen LogP) is 4.12. The summed E-state index contributed by atoms with van der Waals surface area (Å²) in [4.78, 5) is 25.0. The molecule has 1 aliphatic rings. The summed E-state index contributed by atoms with van der Waals surface area (Å²) in [5, 5.41) is 4.53. The third-order valence-electron chi connectivity index (χ3n) is 6.28. The van der Waals surface area contributed by atoms with Crippen LogP contribution in [0.3, 0.4) is 0 Å². The molecule has 1 saturated heterocycles. The number of aryl methyl sites for hydroxylation is 2. The normalized spacial score (nSPS) is 16.3. The highest BCUT2D eigenvalue weighted by Crippen LogP contribution is 2.31. The Morgan fingerprint density at radius 3 is 2.80 bits per heavy atom. The van der Waals surface area contributed by atoms with Crippen LogP contribution in [0.5, 0.6) is 0 Å². The summed E-state index contributed by atoms with van der Waals surface area (Å²) in [6.45, 7) is 5.38. The Bertz CT molecular complexity index is 1470. The standard InChI is InChI=1S/C25H26ClFN6O2/c1-4-5-20-15(2)25(34)33-14-22(32-8-9-35-21(13-32)16-11-28-31(3)12-16)30-23(24(33)29-20)18-7-6-17(26)10-19(18)27/h6-7,10-12,14,21H,4-5,8-9,13H2,1-3H3/t21-/m1/s1. The van der Waals surface area contributed by atoms with Gasteiger partial charge >= 0.3 is 0 Å². The largest absolute Gasteiger partial charge is 0.370 e. The maximum absolute atomic E-state index is 15.1. The average Bonchev–Trinajstić information content (AvgIpc) is 3.29. The molecule has 1 atom stereocenters. The second-order valence-electron chi connectivity index (χ2n) is 8.76. The fourth-order valence-electron chi connectivity index (χ4n) is 4.42. The number of anilines is 1. The third kappa shape index (κ3) is 4.41. The zero-order valence-corrected chi connectivity index (χ0v) is 20.6. The van der Waals surface area contributed by atoms with Crippen molar-refractivity contribution in [2.75, 3.05) is 24.6 Å². The van der Waals surface area contributed by atoms with E-state index in [0.717, 1.165) is 12.0 Å².